The van der Waals surface area contributed by atoms with E-state index in [1.807, 2.05) is 18.5 Å². The van der Waals surface area contributed by atoms with Crippen LogP contribution < -0.4 is 10.6 Å². The SMILES string of the molecule is CCNC(=NCCCn1nc(C)cc1C)NCCCN(C)S(=O)(=O)CC. The summed E-state index contributed by atoms with van der Waals surface area (Å²) in [5.41, 5.74) is 2.21. The van der Waals surface area contributed by atoms with Gasteiger partial charge in [0.2, 0.25) is 10.0 Å². The Bertz CT molecular complexity index is 669. The van der Waals surface area contributed by atoms with Crippen molar-refractivity contribution in [2.75, 3.05) is 39.0 Å². The molecule has 2 N–H and O–H groups in total. The third kappa shape index (κ3) is 7.74. The van der Waals surface area contributed by atoms with Gasteiger partial charge in [-0.25, -0.2) is 12.7 Å². The van der Waals surface area contributed by atoms with Crippen LogP contribution in [0.1, 0.15) is 38.1 Å². The van der Waals surface area contributed by atoms with Crippen molar-refractivity contribution in [1.82, 2.24) is 24.7 Å². The first-order valence-electron chi connectivity index (χ1n) is 9.27. The summed E-state index contributed by atoms with van der Waals surface area (Å²) in [6.07, 6.45) is 1.64. The molecule has 1 rings (SSSR count). The number of aromatic nitrogens is 2. The molecule has 0 amide bonds. The van der Waals surface area contributed by atoms with E-state index in [1.165, 1.54) is 10.00 Å². The lowest BCUT2D eigenvalue weighted by Crippen LogP contribution is -2.39. The Kier molecular flexibility index (Phi) is 9.64. The summed E-state index contributed by atoms with van der Waals surface area (Å²) in [4.78, 5) is 4.57. The van der Waals surface area contributed by atoms with Crippen molar-refractivity contribution in [2.24, 2.45) is 4.99 Å². The van der Waals surface area contributed by atoms with Crippen molar-refractivity contribution in [1.29, 1.82) is 0 Å². The van der Waals surface area contributed by atoms with Crippen molar-refractivity contribution in [3.05, 3.63) is 17.5 Å². The first-order valence-corrected chi connectivity index (χ1v) is 10.9. The standard InChI is InChI=1S/C17H34N6O2S/c1-6-18-17(19-10-8-12-22(5)26(24,25)7-2)20-11-9-13-23-16(4)14-15(3)21-23/h14H,6-13H2,1-5H3,(H2,18,19,20). The van der Waals surface area contributed by atoms with Crippen molar-refractivity contribution < 1.29 is 8.42 Å². The molecule has 0 radical (unpaired) electrons. The number of sulfonamides is 1. The Morgan fingerprint density at radius 2 is 2.00 bits per heavy atom. The molecule has 8 nitrogen and oxygen atoms in total. The van der Waals surface area contributed by atoms with E-state index in [0.717, 1.165) is 37.6 Å². The van der Waals surface area contributed by atoms with Crippen molar-refractivity contribution in [3.8, 4) is 0 Å². The summed E-state index contributed by atoms with van der Waals surface area (Å²) in [6, 6.07) is 2.07. The molecule has 26 heavy (non-hydrogen) atoms. The quantitative estimate of drug-likeness (QED) is 0.338. The zero-order valence-corrected chi connectivity index (χ0v) is 17.6. The van der Waals surface area contributed by atoms with Crippen LogP contribution >= 0.6 is 0 Å². The van der Waals surface area contributed by atoms with Crippen LogP contribution in [0.4, 0.5) is 0 Å². The molecule has 1 heterocycles. The second-order valence-corrected chi connectivity index (χ2v) is 8.63. The van der Waals surface area contributed by atoms with Crippen LogP contribution in [0.15, 0.2) is 11.1 Å². The predicted molar refractivity (Wildman–Crippen MR) is 107 cm³/mol. The largest absolute Gasteiger partial charge is 0.357 e. The van der Waals surface area contributed by atoms with Crippen LogP contribution in [-0.4, -0.2) is 67.4 Å². The Balaban J connectivity index is 2.35. The molecule has 0 aliphatic carbocycles. The van der Waals surface area contributed by atoms with Crippen molar-refractivity contribution in [3.63, 3.8) is 0 Å². The molecule has 0 bridgehead atoms. The van der Waals surface area contributed by atoms with Gasteiger partial charge in [0, 0.05) is 45.5 Å². The van der Waals surface area contributed by atoms with E-state index in [9.17, 15) is 8.42 Å². The van der Waals surface area contributed by atoms with Gasteiger partial charge in [0.25, 0.3) is 0 Å². The molecule has 1 aromatic heterocycles. The minimum atomic E-state index is -3.10. The number of nitrogens with zero attached hydrogens (tertiary/aromatic N) is 4. The molecule has 0 unspecified atom stereocenters. The van der Waals surface area contributed by atoms with E-state index in [1.54, 1.807) is 14.0 Å². The molecule has 1 aromatic rings. The molecule has 0 saturated heterocycles. The fourth-order valence-electron chi connectivity index (χ4n) is 2.52. The van der Waals surface area contributed by atoms with Crippen LogP contribution in [0.3, 0.4) is 0 Å². The smallest absolute Gasteiger partial charge is 0.213 e. The Morgan fingerprint density at radius 1 is 1.27 bits per heavy atom. The molecule has 0 aliphatic rings. The maximum atomic E-state index is 11.7. The number of nitrogens with one attached hydrogen (secondary N) is 2. The van der Waals surface area contributed by atoms with E-state index in [2.05, 4.69) is 33.7 Å². The number of guanidine groups is 1. The van der Waals surface area contributed by atoms with Gasteiger partial charge in [-0.15, -0.1) is 0 Å². The molecule has 0 atom stereocenters. The highest BCUT2D eigenvalue weighted by atomic mass is 32.2. The van der Waals surface area contributed by atoms with Crippen LogP contribution in [0.25, 0.3) is 0 Å². The van der Waals surface area contributed by atoms with Gasteiger partial charge in [-0.1, -0.05) is 0 Å². The Morgan fingerprint density at radius 3 is 2.58 bits per heavy atom. The lowest BCUT2D eigenvalue weighted by atomic mass is 10.4. The van der Waals surface area contributed by atoms with E-state index >= 15 is 0 Å². The summed E-state index contributed by atoms with van der Waals surface area (Å²) in [5.74, 6) is 0.901. The molecule has 0 saturated carbocycles. The first kappa shape index (κ1) is 22.4. The second-order valence-electron chi connectivity index (χ2n) is 6.27. The van der Waals surface area contributed by atoms with E-state index in [4.69, 9.17) is 0 Å². The fourth-order valence-corrected chi connectivity index (χ4v) is 3.37. The van der Waals surface area contributed by atoms with Gasteiger partial charge in [-0.3, -0.25) is 9.67 Å². The molecule has 0 aromatic carbocycles. The molecular weight excluding hydrogens is 352 g/mol. The zero-order chi connectivity index (χ0) is 19.6. The van der Waals surface area contributed by atoms with Crippen LogP contribution in [0.5, 0.6) is 0 Å². The van der Waals surface area contributed by atoms with Gasteiger partial charge in [0.05, 0.1) is 11.4 Å². The monoisotopic (exact) mass is 386 g/mol. The minimum Gasteiger partial charge on any atom is -0.357 e. The molecule has 9 heteroatoms. The average molecular weight is 387 g/mol. The van der Waals surface area contributed by atoms with E-state index in [-0.39, 0.29) is 5.75 Å². The summed E-state index contributed by atoms with van der Waals surface area (Å²) >= 11 is 0. The topological polar surface area (TPSA) is 91.6 Å². The van der Waals surface area contributed by atoms with Gasteiger partial charge < -0.3 is 10.6 Å². The van der Waals surface area contributed by atoms with Crippen LogP contribution in [-0.2, 0) is 16.6 Å². The molecule has 0 fully saturated rings. The zero-order valence-electron chi connectivity index (χ0n) is 16.7. The Hall–Kier alpha value is -1.61. The fraction of sp³-hybridized carbons (Fsp3) is 0.765. The van der Waals surface area contributed by atoms with E-state index in [0.29, 0.717) is 19.6 Å². The molecule has 0 spiro atoms. The third-order valence-electron chi connectivity index (χ3n) is 4.03. The number of hydrogen-bond donors (Lipinski definition) is 2. The summed E-state index contributed by atoms with van der Waals surface area (Å²) < 4.78 is 26.8. The summed E-state index contributed by atoms with van der Waals surface area (Å²) in [6.45, 7) is 11.3. The number of aliphatic imine (C=N–C) groups is 1. The highest BCUT2D eigenvalue weighted by molar-refractivity contribution is 7.89. The van der Waals surface area contributed by atoms with Gasteiger partial charge in [-0.2, -0.15) is 5.10 Å². The van der Waals surface area contributed by atoms with Gasteiger partial charge >= 0.3 is 0 Å². The van der Waals surface area contributed by atoms with Gasteiger partial charge in [-0.05, 0) is 46.6 Å². The normalized spacial score (nSPS) is 12.6. The second kappa shape index (κ2) is 11.2. The summed E-state index contributed by atoms with van der Waals surface area (Å²) in [5, 5.41) is 10.9. The Labute approximate surface area is 158 Å². The predicted octanol–water partition coefficient (Wildman–Crippen LogP) is 1.12. The molecule has 150 valence electrons. The minimum absolute atomic E-state index is 0.135. The van der Waals surface area contributed by atoms with Crippen LogP contribution in [0.2, 0.25) is 0 Å². The lowest BCUT2D eigenvalue weighted by molar-refractivity contribution is 0.461. The van der Waals surface area contributed by atoms with E-state index < -0.39 is 10.0 Å². The van der Waals surface area contributed by atoms with Crippen molar-refractivity contribution in [2.45, 2.75) is 47.1 Å². The lowest BCUT2D eigenvalue weighted by Gasteiger charge is -2.16. The maximum Gasteiger partial charge on any atom is 0.213 e. The third-order valence-corrected chi connectivity index (χ3v) is 5.89. The maximum absolute atomic E-state index is 11.7. The number of rotatable bonds is 11. The van der Waals surface area contributed by atoms with Gasteiger partial charge in [0.1, 0.15) is 0 Å². The number of hydrogen-bond acceptors (Lipinski definition) is 4. The molecular formula is C17H34N6O2S. The van der Waals surface area contributed by atoms with Crippen molar-refractivity contribution >= 4 is 16.0 Å². The molecule has 0 aliphatic heterocycles. The number of aryl methyl sites for hydroxylation is 3. The first-order chi connectivity index (χ1) is 12.3. The highest BCUT2D eigenvalue weighted by Gasteiger charge is 2.13. The highest BCUT2D eigenvalue weighted by Crippen LogP contribution is 2.02. The van der Waals surface area contributed by atoms with Crippen LogP contribution in [0, 0.1) is 13.8 Å². The summed E-state index contributed by atoms with van der Waals surface area (Å²) in [7, 11) is -1.48. The average Bonchev–Trinajstić information content (AvgIpc) is 2.92. The van der Waals surface area contributed by atoms with Gasteiger partial charge in [0.15, 0.2) is 5.96 Å².